The van der Waals surface area contributed by atoms with E-state index >= 15 is 0 Å². The normalized spacial score (nSPS) is 19.4. The zero-order chi connectivity index (χ0) is 31.5. The molecule has 1 rings (SSSR count). The molecule has 0 aromatic heterocycles. The first-order chi connectivity index (χ1) is 19.2. The van der Waals surface area contributed by atoms with Gasteiger partial charge in [-0.05, 0) is 7.05 Å². The Kier molecular flexibility index (Phi) is 24.7. The number of aliphatic carboxylic acids is 4. The first kappa shape index (κ1) is 42.9. The number of nitrogens with one attached hydrogen (secondary N) is 1. The van der Waals surface area contributed by atoms with Gasteiger partial charge in [0.1, 0.15) is 18.3 Å². The molecular weight excluding hydrogens is 712 g/mol. The van der Waals surface area contributed by atoms with Crippen LogP contribution in [0, 0.1) is 39.9 Å². The van der Waals surface area contributed by atoms with E-state index in [1.807, 2.05) is 0 Å². The minimum atomic E-state index is -1.55. The second-order valence-corrected chi connectivity index (χ2v) is 9.45. The van der Waals surface area contributed by atoms with Gasteiger partial charge in [0.15, 0.2) is 0 Å². The van der Waals surface area contributed by atoms with Gasteiger partial charge in [0, 0.05) is 85.1 Å². The summed E-state index contributed by atoms with van der Waals surface area (Å²) in [5.41, 5.74) is 0. The van der Waals surface area contributed by atoms with E-state index in [1.165, 1.54) is 19.6 Å². The van der Waals surface area contributed by atoms with E-state index in [-0.39, 0.29) is 125 Å². The molecule has 1 fully saturated rings. The summed E-state index contributed by atoms with van der Waals surface area (Å²) in [4.78, 5) is 49.9. The van der Waals surface area contributed by atoms with Crippen LogP contribution in [0.4, 0.5) is 0 Å². The number of hydrogen-bond acceptors (Lipinski definition) is 18. The van der Waals surface area contributed by atoms with E-state index in [9.17, 15) is 44.7 Å². The maximum atomic E-state index is 11.0. The van der Waals surface area contributed by atoms with E-state index in [2.05, 4.69) is 5.32 Å². The van der Waals surface area contributed by atoms with E-state index in [4.69, 9.17) is 20.4 Å². The second-order valence-electron chi connectivity index (χ2n) is 9.45. The Hall–Kier alpha value is -1.20. The third-order valence-corrected chi connectivity index (χ3v) is 6.08. The number of rotatable bonds is 14. The number of nitrogens with zero attached hydrogens (tertiary/aromatic N) is 4. The first-order valence-electron chi connectivity index (χ1n) is 12.9. The van der Waals surface area contributed by atoms with Crippen LogP contribution in [0.3, 0.4) is 0 Å². The van der Waals surface area contributed by atoms with Crippen LogP contribution in [0.2, 0.25) is 0 Å². The van der Waals surface area contributed by atoms with Crippen molar-refractivity contribution in [2.75, 3.05) is 98.7 Å². The van der Waals surface area contributed by atoms with Crippen molar-refractivity contribution in [3.05, 3.63) is 0 Å². The molecule has 0 aromatic rings. The summed E-state index contributed by atoms with van der Waals surface area (Å²) in [6.07, 6.45) is -5.65. The molecule has 0 saturated carbocycles. The van der Waals surface area contributed by atoms with Crippen LogP contribution in [-0.4, -0.2) is 192 Å². The Balaban J connectivity index is 0. The molecule has 18 nitrogen and oxygen atoms in total. The van der Waals surface area contributed by atoms with Gasteiger partial charge in [-0.2, -0.15) is 0 Å². The summed E-state index contributed by atoms with van der Waals surface area (Å²) >= 11 is 0. The maximum Gasteiger partial charge on any atom is 3.00 e. The number of carbonyl (C=O) groups excluding carboxylic acids is 4. The molecule has 42 heavy (non-hydrogen) atoms. The van der Waals surface area contributed by atoms with Gasteiger partial charge in [0.2, 0.25) is 0 Å². The largest absolute Gasteiger partial charge is 3.00 e. The van der Waals surface area contributed by atoms with Crippen LogP contribution >= 0.6 is 0 Å². The van der Waals surface area contributed by atoms with Gasteiger partial charge in [0.25, 0.3) is 0 Å². The van der Waals surface area contributed by atoms with Crippen molar-refractivity contribution in [3.8, 4) is 0 Å². The van der Waals surface area contributed by atoms with Gasteiger partial charge in [-0.15, -0.1) is 0 Å². The topological polar surface area (TPSA) is 287 Å². The molecule has 0 spiro atoms. The van der Waals surface area contributed by atoms with Crippen molar-refractivity contribution < 1.29 is 105 Å². The fraction of sp³-hybridized carbons (Fsp3) is 0.826. The number of aliphatic hydroxyl groups is 5. The number of carbonyl (C=O) groups is 4. The summed E-state index contributed by atoms with van der Waals surface area (Å²) in [6, 6.07) is 0. The fourth-order valence-electron chi connectivity index (χ4n) is 3.83. The van der Waals surface area contributed by atoms with Gasteiger partial charge >= 0.3 is 39.9 Å². The molecule has 6 N–H and O–H groups in total. The van der Waals surface area contributed by atoms with Gasteiger partial charge in [-0.25, -0.2) is 0 Å². The third-order valence-electron chi connectivity index (χ3n) is 6.08. The van der Waals surface area contributed by atoms with Crippen molar-refractivity contribution >= 4 is 23.9 Å². The smallest absolute Gasteiger partial charge is 0.549 e. The van der Waals surface area contributed by atoms with Crippen LogP contribution in [0.1, 0.15) is 0 Å². The summed E-state index contributed by atoms with van der Waals surface area (Å²) in [5.74, 6) is -5.20. The monoisotopic (exact) mass is 753 g/mol. The molecule has 1 aliphatic heterocycles. The third kappa shape index (κ3) is 20.7. The average Bonchev–Trinajstić information content (AvgIpc) is 2.88. The van der Waals surface area contributed by atoms with Gasteiger partial charge in [0.05, 0.1) is 36.6 Å². The molecule has 0 aromatic carbocycles. The SMILES string of the molecule is CNC[C@H](O)[C@@H](O)[C@H](O)[C@H](O)CO.O=C([O-])CN1CCN(CC(=O)[O-])CCN(CC(=O)[O-])CCN(CC(=O)[O-])CC1.[Gd+3]. The van der Waals surface area contributed by atoms with Crippen LogP contribution in [0.15, 0.2) is 0 Å². The van der Waals surface area contributed by atoms with E-state index in [1.54, 1.807) is 7.05 Å². The molecule has 4 atom stereocenters. The molecule has 0 amide bonds. The first-order valence-corrected chi connectivity index (χ1v) is 12.9. The standard InChI is InChI=1S/C16H28N4O8.C7H17NO5.Gd/c21-13(22)9-17-1-2-18(10-14(23)24)5-6-20(12-16(27)28)8-7-19(4-3-17)11-15(25)26;1-8-2-4(10)6(12)7(13)5(11)3-9;/h1-12H2,(H,21,22)(H,23,24)(H,25,26)(H,27,28);4-13H,2-3H2,1H3;/q;;+3/p-4/t;4-,5+,6+,7+;/m.0./s1. The Bertz CT molecular complexity index is 688. The van der Waals surface area contributed by atoms with Crippen molar-refractivity contribution in [2.45, 2.75) is 24.4 Å². The van der Waals surface area contributed by atoms with Gasteiger partial charge in [-0.1, -0.05) is 0 Å². The summed E-state index contributed by atoms with van der Waals surface area (Å²) in [6.45, 7) is -0.414. The van der Waals surface area contributed by atoms with Gasteiger partial charge in [-0.3, -0.25) is 19.6 Å². The Labute approximate surface area is 275 Å². The molecule has 0 aliphatic carbocycles. The zero-order valence-electron chi connectivity index (χ0n) is 23.4. The van der Waals surface area contributed by atoms with Crippen LogP contribution in [0.5, 0.6) is 0 Å². The maximum absolute atomic E-state index is 11.0. The predicted molar refractivity (Wildman–Crippen MR) is 131 cm³/mol. The minimum absolute atomic E-state index is 0. The fourth-order valence-corrected chi connectivity index (χ4v) is 3.83. The van der Waals surface area contributed by atoms with Crippen molar-refractivity contribution in [3.63, 3.8) is 0 Å². The summed E-state index contributed by atoms with van der Waals surface area (Å²) < 4.78 is 0. The molecular formula is C23H41GdN5O13-. The second kappa shape index (κ2) is 24.2. The van der Waals surface area contributed by atoms with Crippen LogP contribution in [0.25, 0.3) is 0 Å². The Morgan fingerprint density at radius 2 is 0.833 bits per heavy atom. The number of hydrogen-bond donors (Lipinski definition) is 6. The quantitative estimate of drug-likeness (QED) is 0.0960. The van der Waals surface area contributed by atoms with E-state index in [0.29, 0.717) is 0 Å². The minimum Gasteiger partial charge on any atom is -0.549 e. The summed E-state index contributed by atoms with van der Waals surface area (Å²) in [5, 5.41) is 91.3. The molecule has 0 bridgehead atoms. The van der Waals surface area contributed by atoms with E-state index in [0.717, 1.165) is 0 Å². The van der Waals surface area contributed by atoms with Crippen LogP contribution in [-0.2, 0) is 19.2 Å². The number of likely N-dealkylation sites (N-methyl/N-ethyl adjacent to an activating group) is 1. The molecule has 0 unspecified atom stereocenters. The van der Waals surface area contributed by atoms with Crippen molar-refractivity contribution in [2.24, 2.45) is 0 Å². The van der Waals surface area contributed by atoms with Gasteiger partial charge < -0.3 is 70.5 Å². The zero-order valence-corrected chi connectivity index (χ0v) is 25.6. The predicted octanol–water partition coefficient (Wildman–Crippen LogP) is -11.2. The number of carboxylic acid groups (broad SMARTS) is 4. The average molecular weight is 753 g/mol. The Morgan fingerprint density at radius 3 is 1.02 bits per heavy atom. The molecule has 1 radical (unpaired) electrons. The van der Waals surface area contributed by atoms with Crippen molar-refractivity contribution in [1.82, 2.24) is 24.9 Å². The van der Waals surface area contributed by atoms with Crippen LogP contribution < -0.4 is 25.7 Å². The molecule has 1 heterocycles. The molecule has 1 aliphatic rings. The van der Waals surface area contributed by atoms with E-state index < -0.39 is 54.9 Å². The number of aliphatic hydroxyl groups excluding tert-OH is 5. The molecule has 19 heteroatoms. The number of carboxylic acids is 4. The van der Waals surface area contributed by atoms with Crippen molar-refractivity contribution in [1.29, 1.82) is 0 Å². The summed E-state index contributed by atoms with van der Waals surface area (Å²) in [7, 11) is 1.57. The molecule has 1 saturated heterocycles. The molecule has 245 valence electrons. The Morgan fingerprint density at radius 1 is 0.595 bits per heavy atom.